The predicted octanol–water partition coefficient (Wildman–Crippen LogP) is 4.41. The molecule has 1 saturated heterocycles. The number of anilines is 1. The number of rotatable bonds is 6. The lowest BCUT2D eigenvalue weighted by Gasteiger charge is -2.14. The van der Waals surface area contributed by atoms with Crippen molar-refractivity contribution in [1.29, 1.82) is 0 Å². The molecule has 0 bridgehead atoms. The van der Waals surface area contributed by atoms with Crippen LogP contribution in [-0.2, 0) is 14.4 Å². The molecule has 7 heteroatoms. The molecule has 2 atom stereocenters. The molecule has 0 radical (unpaired) electrons. The van der Waals surface area contributed by atoms with Crippen molar-refractivity contribution in [2.24, 2.45) is 11.8 Å². The van der Waals surface area contributed by atoms with Gasteiger partial charge >= 0.3 is 0 Å². The smallest absolute Gasteiger partial charge is 0.233 e. The van der Waals surface area contributed by atoms with Crippen LogP contribution in [0.15, 0.2) is 60.7 Å². The number of nitrogens with zero attached hydrogens (tertiary/aromatic N) is 1. The third kappa shape index (κ3) is 4.24. The Morgan fingerprint density at radius 2 is 1.63 bits per heavy atom. The van der Waals surface area contributed by atoms with E-state index < -0.39 is 0 Å². The molecule has 30 heavy (non-hydrogen) atoms. The fourth-order valence-corrected chi connectivity index (χ4v) is 3.96. The molecule has 1 aliphatic carbocycles. The van der Waals surface area contributed by atoms with Crippen LogP contribution in [0.3, 0.4) is 0 Å². The lowest BCUT2D eigenvalue weighted by molar-refractivity contribution is -0.140. The second-order valence-corrected chi connectivity index (χ2v) is 7.75. The van der Waals surface area contributed by atoms with Crippen molar-refractivity contribution < 1.29 is 19.1 Å². The number of carbonyl (C=O) groups is 3. The van der Waals surface area contributed by atoms with Gasteiger partial charge in [0.25, 0.3) is 0 Å². The average Bonchev–Trinajstić information content (AvgIpc) is 3.00. The minimum atomic E-state index is -0.267. The van der Waals surface area contributed by atoms with Crippen molar-refractivity contribution in [3.05, 3.63) is 65.7 Å². The van der Waals surface area contributed by atoms with Gasteiger partial charge in [-0.15, -0.1) is 0 Å². The van der Waals surface area contributed by atoms with Gasteiger partial charge in [-0.3, -0.25) is 19.3 Å². The Morgan fingerprint density at radius 1 is 1.00 bits per heavy atom. The van der Waals surface area contributed by atoms with Crippen LogP contribution < -0.4 is 10.1 Å². The predicted molar refractivity (Wildman–Crippen MR) is 113 cm³/mol. The maximum atomic E-state index is 12.4. The van der Waals surface area contributed by atoms with Crippen LogP contribution in [0, 0.1) is 11.8 Å². The minimum Gasteiger partial charge on any atom is -0.456 e. The first-order valence-corrected chi connectivity index (χ1v) is 10.2. The van der Waals surface area contributed by atoms with E-state index in [0.29, 0.717) is 35.1 Å². The SMILES string of the molecule is O=C(CCN1C(=O)[C@H]2CC=CC[C@@H]2C1=O)Nc1ccc(Oc2ccccc2Cl)cc1. The summed E-state index contributed by atoms with van der Waals surface area (Å²) in [4.78, 5) is 38.4. The Labute approximate surface area is 179 Å². The van der Waals surface area contributed by atoms with Crippen LogP contribution >= 0.6 is 11.6 Å². The number of amides is 3. The number of carbonyl (C=O) groups excluding carboxylic acids is 3. The molecule has 2 aliphatic rings. The van der Waals surface area contributed by atoms with E-state index in [2.05, 4.69) is 5.32 Å². The number of para-hydroxylation sites is 1. The van der Waals surface area contributed by atoms with E-state index in [1.54, 1.807) is 36.4 Å². The van der Waals surface area contributed by atoms with Crippen molar-refractivity contribution in [2.45, 2.75) is 19.3 Å². The van der Waals surface area contributed by atoms with E-state index in [9.17, 15) is 14.4 Å². The van der Waals surface area contributed by atoms with E-state index >= 15 is 0 Å². The highest BCUT2D eigenvalue weighted by molar-refractivity contribution is 6.32. The van der Waals surface area contributed by atoms with E-state index in [1.165, 1.54) is 4.90 Å². The lowest BCUT2D eigenvalue weighted by atomic mass is 9.85. The number of benzene rings is 2. The average molecular weight is 425 g/mol. The lowest BCUT2D eigenvalue weighted by Crippen LogP contribution is -2.34. The van der Waals surface area contributed by atoms with Crippen molar-refractivity contribution in [1.82, 2.24) is 4.90 Å². The Morgan fingerprint density at radius 3 is 2.27 bits per heavy atom. The van der Waals surface area contributed by atoms with Gasteiger partial charge in [0.05, 0.1) is 16.9 Å². The molecule has 6 nitrogen and oxygen atoms in total. The van der Waals surface area contributed by atoms with Crippen LogP contribution in [-0.4, -0.2) is 29.2 Å². The normalized spacial score (nSPS) is 20.2. The first-order chi connectivity index (χ1) is 14.5. The summed E-state index contributed by atoms with van der Waals surface area (Å²) in [5, 5.41) is 3.29. The maximum Gasteiger partial charge on any atom is 0.233 e. The third-order valence-corrected chi connectivity index (χ3v) is 5.68. The van der Waals surface area contributed by atoms with Crippen molar-refractivity contribution >= 4 is 35.0 Å². The van der Waals surface area contributed by atoms with Gasteiger partial charge in [0.1, 0.15) is 11.5 Å². The monoisotopic (exact) mass is 424 g/mol. The summed E-state index contributed by atoms with van der Waals surface area (Å²) in [6, 6.07) is 14.1. The van der Waals surface area contributed by atoms with Crippen molar-refractivity contribution in [3.8, 4) is 11.5 Å². The summed E-state index contributed by atoms with van der Waals surface area (Å²) in [7, 11) is 0. The second kappa shape index (κ2) is 8.71. The van der Waals surface area contributed by atoms with E-state index in [0.717, 1.165) is 0 Å². The summed E-state index contributed by atoms with van der Waals surface area (Å²) in [6.45, 7) is 0.101. The molecule has 2 aromatic rings. The van der Waals surface area contributed by atoms with Gasteiger partial charge in [-0.2, -0.15) is 0 Å². The largest absolute Gasteiger partial charge is 0.456 e. The number of halogens is 1. The highest BCUT2D eigenvalue weighted by atomic mass is 35.5. The molecule has 0 saturated carbocycles. The summed E-state index contributed by atoms with van der Waals surface area (Å²) in [6.07, 6.45) is 5.15. The summed E-state index contributed by atoms with van der Waals surface area (Å²) < 4.78 is 5.72. The fraction of sp³-hybridized carbons (Fsp3) is 0.261. The zero-order valence-electron chi connectivity index (χ0n) is 16.2. The number of ether oxygens (including phenoxy) is 1. The highest BCUT2D eigenvalue weighted by Gasteiger charge is 2.46. The van der Waals surface area contributed by atoms with Crippen LogP contribution in [0.4, 0.5) is 5.69 Å². The van der Waals surface area contributed by atoms with Crippen LogP contribution in [0.25, 0.3) is 0 Å². The van der Waals surface area contributed by atoms with Crippen LogP contribution in [0.5, 0.6) is 11.5 Å². The Kier molecular flexibility index (Phi) is 5.86. The standard InChI is InChI=1S/C23H21ClN2O4/c24-19-7-3-4-8-20(19)30-16-11-9-15(10-12-16)25-21(27)13-14-26-22(28)17-5-1-2-6-18(17)23(26)29/h1-4,7-12,17-18H,5-6,13-14H2,(H,25,27)/t17-,18-/m0/s1. The molecule has 3 amide bonds. The van der Waals surface area contributed by atoms with Gasteiger partial charge in [-0.05, 0) is 49.2 Å². The van der Waals surface area contributed by atoms with Crippen molar-refractivity contribution in [2.75, 3.05) is 11.9 Å². The van der Waals surface area contributed by atoms with Crippen LogP contribution in [0.1, 0.15) is 19.3 Å². The molecule has 0 aromatic heterocycles. The first-order valence-electron chi connectivity index (χ1n) is 9.85. The van der Waals surface area contributed by atoms with Gasteiger partial charge in [0, 0.05) is 18.7 Å². The number of hydrogen-bond donors (Lipinski definition) is 1. The molecule has 2 aromatic carbocycles. The molecule has 1 heterocycles. The Balaban J connectivity index is 1.30. The number of allylic oxidation sites excluding steroid dienone is 2. The van der Waals surface area contributed by atoms with Crippen molar-refractivity contribution in [3.63, 3.8) is 0 Å². The fourth-order valence-electron chi connectivity index (χ4n) is 3.79. The number of fused-ring (bicyclic) bond motifs is 1. The first kappa shape index (κ1) is 20.2. The van der Waals surface area contributed by atoms with E-state index in [-0.39, 0.29) is 42.5 Å². The minimum absolute atomic E-state index is 0.0578. The quantitative estimate of drug-likeness (QED) is 0.550. The van der Waals surface area contributed by atoms with Gasteiger partial charge < -0.3 is 10.1 Å². The number of likely N-dealkylation sites (tertiary alicyclic amines) is 1. The number of hydrogen-bond acceptors (Lipinski definition) is 4. The van der Waals surface area contributed by atoms with Crippen LogP contribution in [0.2, 0.25) is 5.02 Å². The zero-order chi connectivity index (χ0) is 21.1. The second-order valence-electron chi connectivity index (χ2n) is 7.34. The molecule has 1 fully saturated rings. The van der Waals surface area contributed by atoms with Gasteiger partial charge in [0.15, 0.2) is 0 Å². The zero-order valence-corrected chi connectivity index (χ0v) is 17.0. The number of imide groups is 1. The molecular weight excluding hydrogens is 404 g/mol. The van der Waals surface area contributed by atoms with Gasteiger partial charge in [-0.1, -0.05) is 35.9 Å². The summed E-state index contributed by atoms with van der Waals surface area (Å²) in [5.74, 6) is 0.0134. The molecule has 4 rings (SSSR count). The topological polar surface area (TPSA) is 75.7 Å². The molecule has 0 spiro atoms. The summed E-state index contributed by atoms with van der Waals surface area (Å²) >= 11 is 6.09. The highest BCUT2D eigenvalue weighted by Crippen LogP contribution is 2.35. The summed E-state index contributed by atoms with van der Waals surface area (Å²) in [5.41, 5.74) is 0.600. The number of nitrogens with one attached hydrogen (secondary N) is 1. The third-order valence-electron chi connectivity index (χ3n) is 5.36. The molecule has 154 valence electrons. The van der Waals surface area contributed by atoms with Gasteiger partial charge in [0.2, 0.25) is 17.7 Å². The van der Waals surface area contributed by atoms with Gasteiger partial charge in [-0.25, -0.2) is 0 Å². The van der Waals surface area contributed by atoms with E-state index in [4.69, 9.17) is 16.3 Å². The Hall–Kier alpha value is -3.12. The Bertz CT molecular complexity index is 977. The molecule has 1 N–H and O–H groups in total. The molecule has 0 unspecified atom stereocenters. The molecule has 1 aliphatic heterocycles. The molecular formula is C23H21ClN2O4. The van der Waals surface area contributed by atoms with E-state index in [1.807, 2.05) is 24.3 Å². The maximum absolute atomic E-state index is 12.4.